The van der Waals surface area contributed by atoms with Gasteiger partial charge in [-0.3, -0.25) is 4.68 Å². The first-order chi connectivity index (χ1) is 5.90. The lowest BCUT2D eigenvalue weighted by Gasteiger charge is -2.12. The van der Waals surface area contributed by atoms with Crippen LogP contribution in [-0.4, -0.2) is 16.4 Å². The zero-order chi connectivity index (χ0) is 8.39. The average Bonchev–Trinajstić information content (AvgIpc) is 2.47. The predicted octanol–water partition coefficient (Wildman–Crippen LogP) is 1.37. The van der Waals surface area contributed by atoms with Crippen LogP contribution in [0.3, 0.4) is 0 Å². The highest BCUT2D eigenvalue weighted by Crippen LogP contribution is 2.11. The van der Waals surface area contributed by atoms with E-state index < -0.39 is 0 Å². The summed E-state index contributed by atoms with van der Waals surface area (Å²) in [6, 6.07) is 2.16. The van der Waals surface area contributed by atoms with Gasteiger partial charge in [0, 0.05) is 0 Å². The molecule has 0 N–H and O–H groups in total. The van der Waals surface area contributed by atoms with Crippen molar-refractivity contribution in [1.29, 1.82) is 0 Å². The lowest BCUT2D eigenvalue weighted by Crippen LogP contribution is -2.16. The molecule has 2 rings (SSSR count). The number of hydrogen-bond acceptors (Lipinski definition) is 2. The zero-order valence-electron chi connectivity index (χ0n) is 7.42. The summed E-state index contributed by atoms with van der Waals surface area (Å²) < 4.78 is 7.39. The summed E-state index contributed by atoms with van der Waals surface area (Å²) in [4.78, 5) is 0. The maximum Gasteiger partial charge on any atom is 0.0885 e. The number of nitrogens with zero attached hydrogens (tertiary/aromatic N) is 2. The van der Waals surface area contributed by atoms with E-state index in [1.54, 1.807) is 0 Å². The second-order valence-corrected chi connectivity index (χ2v) is 3.15. The van der Waals surface area contributed by atoms with E-state index in [4.69, 9.17) is 4.74 Å². The van der Waals surface area contributed by atoms with E-state index in [1.807, 2.05) is 0 Å². The molecule has 1 aliphatic heterocycles. The molecule has 3 nitrogen and oxygen atoms in total. The third kappa shape index (κ3) is 1.37. The number of aromatic nitrogens is 2. The van der Waals surface area contributed by atoms with E-state index in [9.17, 15) is 0 Å². The molecule has 0 aromatic carbocycles. The van der Waals surface area contributed by atoms with Gasteiger partial charge in [0.15, 0.2) is 0 Å². The molecule has 2 heterocycles. The molecule has 0 bridgehead atoms. The molecule has 0 amide bonds. The normalized spacial score (nSPS) is 16.1. The van der Waals surface area contributed by atoms with Gasteiger partial charge in [-0.1, -0.05) is 13.3 Å². The molecule has 0 aliphatic carbocycles. The molecule has 0 fully saturated rings. The van der Waals surface area contributed by atoms with Gasteiger partial charge in [-0.2, -0.15) is 5.10 Å². The van der Waals surface area contributed by atoms with Crippen LogP contribution in [0.25, 0.3) is 0 Å². The molecule has 0 atom stereocenters. The Bertz CT molecular complexity index is 244. The molecular weight excluding hydrogens is 152 g/mol. The predicted molar refractivity (Wildman–Crippen MR) is 45.9 cm³/mol. The van der Waals surface area contributed by atoms with E-state index in [1.165, 1.54) is 11.4 Å². The van der Waals surface area contributed by atoms with Crippen molar-refractivity contribution in [3.63, 3.8) is 0 Å². The summed E-state index contributed by atoms with van der Waals surface area (Å²) in [6.07, 6.45) is 2.25. The van der Waals surface area contributed by atoms with E-state index in [-0.39, 0.29) is 0 Å². The third-order valence-corrected chi connectivity index (χ3v) is 2.12. The Morgan fingerprint density at radius 3 is 3.33 bits per heavy atom. The first-order valence-electron chi connectivity index (χ1n) is 4.53. The van der Waals surface area contributed by atoms with Gasteiger partial charge >= 0.3 is 0 Å². The van der Waals surface area contributed by atoms with Crippen molar-refractivity contribution in [3.05, 3.63) is 17.5 Å². The van der Waals surface area contributed by atoms with Gasteiger partial charge in [-0.15, -0.1) is 0 Å². The number of aryl methyl sites for hydroxylation is 1. The van der Waals surface area contributed by atoms with Crippen LogP contribution in [0.4, 0.5) is 0 Å². The number of ether oxygens (including phenoxy) is 1. The second-order valence-electron chi connectivity index (χ2n) is 3.15. The van der Waals surface area contributed by atoms with E-state index in [2.05, 4.69) is 22.8 Å². The fourth-order valence-corrected chi connectivity index (χ4v) is 1.53. The van der Waals surface area contributed by atoms with Gasteiger partial charge in [-0.05, 0) is 12.5 Å². The Balaban J connectivity index is 2.20. The molecule has 3 heteroatoms. The molecule has 12 heavy (non-hydrogen) atoms. The lowest BCUT2D eigenvalue weighted by molar-refractivity contribution is 0.0800. The first-order valence-corrected chi connectivity index (χ1v) is 4.53. The minimum Gasteiger partial charge on any atom is -0.373 e. The molecule has 66 valence electrons. The molecule has 0 unspecified atom stereocenters. The summed E-state index contributed by atoms with van der Waals surface area (Å²) in [6.45, 7) is 4.63. The van der Waals surface area contributed by atoms with Crippen LogP contribution < -0.4 is 0 Å². The molecule has 1 aromatic rings. The summed E-state index contributed by atoms with van der Waals surface area (Å²) in [5.74, 6) is 0. The van der Waals surface area contributed by atoms with Gasteiger partial charge in [0.05, 0.1) is 31.1 Å². The summed E-state index contributed by atoms with van der Waals surface area (Å²) in [5.41, 5.74) is 2.43. The highest BCUT2D eigenvalue weighted by atomic mass is 16.5. The average molecular weight is 166 g/mol. The zero-order valence-corrected chi connectivity index (χ0v) is 7.42. The van der Waals surface area contributed by atoms with Crippen molar-refractivity contribution >= 4 is 0 Å². The Kier molecular flexibility index (Phi) is 2.13. The number of hydrogen-bond donors (Lipinski definition) is 0. The van der Waals surface area contributed by atoms with Crippen molar-refractivity contribution in [2.45, 2.75) is 32.9 Å². The fraction of sp³-hybridized carbons (Fsp3) is 0.667. The van der Waals surface area contributed by atoms with Crippen molar-refractivity contribution in [2.75, 3.05) is 6.61 Å². The van der Waals surface area contributed by atoms with E-state index >= 15 is 0 Å². The van der Waals surface area contributed by atoms with Crippen LogP contribution in [0, 0.1) is 0 Å². The molecule has 0 radical (unpaired) electrons. The minimum atomic E-state index is 0.733. The fourth-order valence-electron chi connectivity index (χ4n) is 1.53. The van der Waals surface area contributed by atoms with E-state index in [0.29, 0.717) is 0 Å². The van der Waals surface area contributed by atoms with Gasteiger partial charge in [0.25, 0.3) is 0 Å². The Morgan fingerprint density at radius 2 is 2.58 bits per heavy atom. The molecule has 0 saturated carbocycles. The minimum absolute atomic E-state index is 0.733. The lowest BCUT2D eigenvalue weighted by atomic mass is 10.2. The quantitative estimate of drug-likeness (QED) is 0.663. The largest absolute Gasteiger partial charge is 0.373 e. The molecular formula is C9H14N2O. The van der Waals surface area contributed by atoms with E-state index in [0.717, 1.165) is 32.6 Å². The SMILES string of the molecule is CCCc1cc2n(n1)CCOC2. The smallest absolute Gasteiger partial charge is 0.0885 e. The number of rotatable bonds is 2. The monoisotopic (exact) mass is 166 g/mol. The Hall–Kier alpha value is -0.830. The maximum atomic E-state index is 5.33. The molecule has 0 saturated heterocycles. The van der Waals surface area contributed by atoms with Crippen molar-refractivity contribution in [2.24, 2.45) is 0 Å². The standard InChI is InChI=1S/C9H14N2O/c1-2-3-8-6-9-7-12-5-4-11(9)10-8/h6H,2-5,7H2,1H3. The third-order valence-electron chi connectivity index (χ3n) is 2.12. The van der Waals surface area contributed by atoms with Crippen LogP contribution >= 0.6 is 0 Å². The molecule has 1 aliphatic rings. The Labute approximate surface area is 72.3 Å². The van der Waals surface area contributed by atoms with Crippen LogP contribution in [0.2, 0.25) is 0 Å². The molecule has 1 aromatic heterocycles. The van der Waals surface area contributed by atoms with Crippen LogP contribution in [0.15, 0.2) is 6.07 Å². The summed E-state index contributed by atoms with van der Waals surface area (Å²) in [7, 11) is 0. The second kappa shape index (κ2) is 3.27. The molecule has 0 spiro atoms. The van der Waals surface area contributed by atoms with Crippen LogP contribution in [0.5, 0.6) is 0 Å². The Morgan fingerprint density at radius 1 is 1.67 bits per heavy atom. The maximum absolute atomic E-state index is 5.33. The number of fused-ring (bicyclic) bond motifs is 1. The van der Waals surface area contributed by atoms with Gasteiger partial charge in [0.2, 0.25) is 0 Å². The van der Waals surface area contributed by atoms with Gasteiger partial charge in [-0.25, -0.2) is 0 Å². The van der Waals surface area contributed by atoms with Gasteiger partial charge < -0.3 is 4.74 Å². The highest BCUT2D eigenvalue weighted by molar-refractivity contribution is 5.10. The summed E-state index contributed by atoms with van der Waals surface area (Å²) >= 11 is 0. The van der Waals surface area contributed by atoms with Crippen molar-refractivity contribution < 1.29 is 4.74 Å². The van der Waals surface area contributed by atoms with Crippen LogP contribution in [0.1, 0.15) is 24.7 Å². The summed E-state index contributed by atoms with van der Waals surface area (Å²) in [5, 5.41) is 4.48. The highest BCUT2D eigenvalue weighted by Gasteiger charge is 2.11. The van der Waals surface area contributed by atoms with Crippen molar-refractivity contribution in [3.8, 4) is 0 Å². The van der Waals surface area contributed by atoms with Crippen LogP contribution in [-0.2, 0) is 24.3 Å². The first kappa shape index (κ1) is 7.80. The van der Waals surface area contributed by atoms with Gasteiger partial charge in [0.1, 0.15) is 0 Å². The topological polar surface area (TPSA) is 27.1 Å². The van der Waals surface area contributed by atoms with Crippen molar-refractivity contribution in [1.82, 2.24) is 9.78 Å².